The van der Waals surface area contributed by atoms with Crippen molar-refractivity contribution in [2.24, 2.45) is 0 Å². The van der Waals surface area contributed by atoms with E-state index in [0.29, 0.717) is 0 Å². The predicted molar refractivity (Wildman–Crippen MR) is 493 cm³/mol. The Morgan fingerprint density at radius 1 is 0.336 bits per heavy atom. The molecule has 4 aliphatic heterocycles. The average molecular weight is 1520 g/mol. The molecule has 4 atom stereocenters. The van der Waals surface area contributed by atoms with Crippen molar-refractivity contribution in [1.82, 2.24) is 0 Å². The first-order valence-electron chi connectivity index (χ1n) is 40.7. The Morgan fingerprint density at radius 3 is 1.41 bits per heavy atom. The lowest BCUT2D eigenvalue weighted by Gasteiger charge is -2.50. The van der Waals surface area contributed by atoms with Gasteiger partial charge in [-0.25, -0.2) is 0 Å². The number of rotatable bonds is 15. The molecule has 2 aliphatic carbocycles. The second-order valence-corrected chi connectivity index (χ2v) is 33.4. The summed E-state index contributed by atoms with van der Waals surface area (Å²) in [5, 5.41) is -0.0517. The van der Waals surface area contributed by atoms with Crippen LogP contribution >= 0.6 is 23.5 Å². The van der Waals surface area contributed by atoms with Gasteiger partial charge in [0.15, 0.2) is 0 Å². The van der Waals surface area contributed by atoms with E-state index in [2.05, 4.69) is 456 Å². The van der Waals surface area contributed by atoms with Crippen LogP contribution < -0.4 is 41.5 Å². The zero-order valence-corrected chi connectivity index (χ0v) is 65.5. The number of hydrogen-bond donors (Lipinski definition) is 0. The number of fused-ring (bicyclic) bond motifs is 8. The van der Waals surface area contributed by atoms with Gasteiger partial charge in [0.05, 0.1) is 23.1 Å². The predicted octanol–water partition coefficient (Wildman–Crippen LogP) is 26.2. The Bertz CT molecular complexity index is 6390. The lowest BCUT2D eigenvalue weighted by molar-refractivity contribution is 0.551. The minimum Gasteiger partial charge on any atom is -0.333 e. The standard InChI is InChI=1S/C108H78B2N4S2/c1-10-37-73(38-11-1)84-55-28-31-64-95(84)113-97-72-101-94(71-93(97)110-92-63-30-33-66-100(92)115-102-69-82(67-98(113)104(102)110)111(80-51-24-8-25-52-80)106-85(74-39-12-2-13-40-74)56-34-57-86(106)75-41-14-3-15-42-75)109-91-62-29-32-65-96(91)114(108-89(78-47-20-6-21-48-78)60-36-61-90(108)79-49-22-7-23-50-79)99-68-83(70-103(116-101)105(99)109)112(81-53-26-9-27-54-81)107-87(76-43-16-4-17-44-76)58-35-59-88(107)77-45-18-5-19-46-77/h1-33,35-56,58-72,86,94,101,106H,34,57H2. The Morgan fingerprint density at radius 2 is 0.802 bits per heavy atom. The van der Waals surface area contributed by atoms with Crippen molar-refractivity contribution in [2.45, 2.75) is 50.6 Å². The lowest BCUT2D eigenvalue weighted by atomic mass is 9.28. The molecular weight excluding hydrogens is 1440 g/mol. The second-order valence-electron chi connectivity index (χ2n) is 31.1. The van der Waals surface area contributed by atoms with Gasteiger partial charge in [-0.15, -0.1) is 11.8 Å². The monoisotopic (exact) mass is 1520 g/mol. The molecule has 0 spiro atoms. The first-order valence-corrected chi connectivity index (χ1v) is 42.4. The highest BCUT2D eigenvalue weighted by Crippen LogP contribution is 2.59. The first-order chi connectivity index (χ1) is 57.6. The van der Waals surface area contributed by atoms with E-state index in [-0.39, 0.29) is 36.5 Å². The molecule has 0 fully saturated rings. The Kier molecular flexibility index (Phi) is 17.7. The highest BCUT2D eigenvalue weighted by molar-refractivity contribution is 8.00. The zero-order valence-electron chi connectivity index (χ0n) is 63.9. The average Bonchev–Trinajstić information content (AvgIpc) is 0.688. The van der Waals surface area contributed by atoms with Gasteiger partial charge in [-0.05, 0) is 158 Å². The second kappa shape index (κ2) is 29.6. The van der Waals surface area contributed by atoms with Crippen LogP contribution in [0.4, 0.5) is 56.9 Å². The normalized spacial score (nSPS) is 16.6. The molecular formula is C108H78B2N4S2. The molecule has 116 heavy (non-hydrogen) atoms. The Labute approximate surface area is 688 Å². The summed E-state index contributed by atoms with van der Waals surface area (Å²) in [7, 11) is 0. The van der Waals surface area contributed by atoms with E-state index in [0.717, 1.165) is 97.2 Å². The zero-order chi connectivity index (χ0) is 76.6. The number of benzene rings is 16. The number of nitrogens with zero attached hydrogens (tertiary/aromatic N) is 4. The molecule has 0 N–H and O–H groups in total. The van der Waals surface area contributed by atoms with Crippen molar-refractivity contribution in [3.8, 4) is 55.6 Å². The lowest BCUT2D eigenvalue weighted by Crippen LogP contribution is -2.59. The fourth-order valence-electron chi connectivity index (χ4n) is 19.8. The van der Waals surface area contributed by atoms with E-state index in [1.807, 2.05) is 11.8 Å². The molecule has 0 saturated carbocycles. The fraction of sp³-hybridized carbons (Fsp3) is 0.0556. The number of thioether (sulfide) groups is 1. The molecule has 16 aromatic carbocycles. The van der Waals surface area contributed by atoms with E-state index in [1.54, 1.807) is 0 Å². The number of allylic oxidation sites excluding steroid dienone is 3. The molecule has 0 radical (unpaired) electrons. The maximum atomic E-state index is 2.81. The summed E-state index contributed by atoms with van der Waals surface area (Å²) in [5.41, 5.74) is 34.8. The SMILES string of the molecule is C1=C2B3c4ccccc4Sc4cc(N(c5ccccc5)C5C(c6ccccc6)=CCCC5c5ccccc5)cc(c43)N(c3ccccc3-c3ccccc3)C2=CC2Sc3cc(N(c4ccccc4)c4c(-c5ccccc5)cccc4-c4ccccc4)cc4c3B(c3ccccc3N4c3c(-c4ccccc4)cccc3-c3ccccc3)C12. The van der Waals surface area contributed by atoms with Crippen molar-refractivity contribution in [3.63, 3.8) is 0 Å². The topological polar surface area (TPSA) is 13.0 Å². The van der Waals surface area contributed by atoms with Gasteiger partial charge >= 0.3 is 0 Å². The molecule has 0 bridgehead atoms. The van der Waals surface area contributed by atoms with Crippen molar-refractivity contribution < 1.29 is 0 Å². The largest absolute Gasteiger partial charge is 0.333 e. The van der Waals surface area contributed by atoms with Crippen LogP contribution in [0.15, 0.2) is 451 Å². The highest BCUT2D eigenvalue weighted by atomic mass is 32.2. The summed E-state index contributed by atoms with van der Waals surface area (Å²) in [4.78, 5) is 14.6. The van der Waals surface area contributed by atoms with Crippen LogP contribution in [0.25, 0.3) is 61.2 Å². The molecule has 4 heterocycles. The van der Waals surface area contributed by atoms with Crippen LogP contribution in [0.5, 0.6) is 0 Å². The van der Waals surface area contributed by atoms with E-state index in [4.69, 9.17) is 0 Å². The van der Waals surface area contributed by atoms with Gasteiger partial charge < -0.3 is 19.6 Å². The van der Waals surface area contributed by atoms with Gasteiger partial charge in [0.25, 0.3) is 0 Å². The molecule has 0 amide bonds. The maximum absolute atomic E-state index is 2.81. The quantitative estimate of drug-likeness (QED) is 0.0942. The molecule has 0 aromatic heterocycles. The molecule has 8 heteroatoms. The molecule has 16 aromatic rings. The van der Waals surface area contributed by atoms with Gasteiger partial charge in [0.1, 0.15) is 0 Å². The summed E-state index contributed by atoms with van der Waals surface area (Å²) in [6, 6.07) is 153. The third-order valence-electron chi connectivity index (χ3n) is 24.7. The minimum atomic E-state index is -0.104. The summed E-state index contributed by atoms with van der Waals surface area (Å²) in [6.45, 7) is -0.183. The molecule has 22 rings (SSSR count). The van der Waals surface area contributed by atoms with E-state index in [1.165, 1.54) is 92.6 Å². The van der Waals surface area contributed by atoms with Crippen molar-refractivity contribution in [1.29, 1.82) is 0 Å². The van der Waals surface area contributed by atoms with Crippen LogP contribution in [-0.4, -0.2) is 24.7 Å². The van der Waals surface area contributed by atoms with Gasteiger partial charge in [0, 0.05) is 99.2 Å². The molecule has 4 unspecified atom stereocenters. The van der Waals surface area contributed by atoms with Crippen LogP contribution in [0, 0.1) is 0 Å². The van der Waals surface area contributed by atoms with Crippen LogP contribution in [0.1, 0.15) is 29.9 Å². The van der Waals surface area contributed by atoms with Crippen LogP contribution in [0.3, 0.4) is 0 Å². The Balaban J connectivity index is 0.823. The minimum absolute atomic E-state index is 0.000970. The van der Waals surface area contributed by atoms with Crippen molar-refractivity contribution >= 4 is 121 Å². The fourth-order valence-corrected chi connectivity index (χ4v) is 22.4. The van der Waals surface area contributed by atoms with Gasteiger partial charge in [-0.2, -0.15) is 0 Å². The first kappa shape index (κ1) is 69.5. The molecule has 548 valence electrons. The third kappa shape index (κ3) is 11.9. The number of anilines is 10. The number of para-hydroxylation sites is 6. The summed E-state index contributed by atoms with van der Waals surface area (Å²) < 4.78 is 0. The summed E-state index contributed by atoms with van der Waals surface area (Å²) in [5.74, 6) is 0.173. The van der Waals surface area contributed by atoms with E-state index in [9.17, 15) is 0 Å². The van der Waals surface area contributed by atoms with E-state index < -0.39 is 0 Å². The summed E-state index contributed by atoms with van der Waals surface area (Å²) >= 11 is 3.99. The van der Waals surface area contributed by atoms with Crippen molar-refractivity contribution in [3.05, 3.63) is 447 Å². The maximum Gasteiger partial charge on any atom is 0.249 e. The van der Waals surface area contributed by atoms with Crippen molar-refractivity contribution in [2.75, 3.05) is 19.6 Å². The summed E-state index contributed by atoms with van der Waals surface area (Å²) in [6.07, 6.45) is 10.1. The number of hydrogen-bond acceptors (Lipinski definition) is 6. The van der Waals surface area contributed by atoms with Crippen LogP contribution in [0.2, 0.25) is 5.82 Å². The molecule has 6 aliphatic rings. The highest BCUT2D eigenvalue weighted by Gasteiger charge is 2.53. The van der Waals surface area contributed by atoms with Crippen LogP contribution in [-0.2, 0) is 0 Å². The molecule has 4 nitrogen and oxygen atoms in total. The molecule has 0 saturated heterocycles. The van der Waals surface area contributed by atoms with Gasteiger partial charge in [-0.1, -0.05) is 369 Å². The van der Waals surface area contributed by atoms with Gasteiger partial charge in [-0.3, -0.25) is 0 Å². The van der Waals surface area contributed by atoms with E-state index >= 15 is 0 Å². The van der Waals surface area contributed by atoms with Gasteiger partial charge in [0.2, 0.25) is 13.4 Å². The smallest absolute Gasteiger partial charge is 0.249 e. The third-order valence-corrected chi connectivity index (χ3v) is 27.1. The Hall–Kier alpha value is -13.2.